The minimum atomic E-state index is 0.797. The Morgan fingerprint density at radius 1 is 1.26 bits per heavy atom. The van der Waals surface area contributed by atoms with Crippen LogP contribution in [-0.2, 0) is 13.1 Å². The van der Waals surface area contributed by atoms with Crippen LogP contribution in [0.15, 0.2) is 30.5 Å². The molecule has 102 valence electrons. The van der Waals surface area contributed by atoms with Gasteiger partial charge in [0.15, 0.2) is 0 Å². The summed E-state index contributed by atoms with van der Waals surface area (Å²) in [4.78, 5) is 0. The second kappa shape index (κ2) is 6.73. The highest BCUT2D eigenvalue weighted by Gasteiger charge is 2.07. The average molecular weight is 278 g/mol. The zero-order chi connectivity index (χ0) is 13.7. The normalized spacial score (nSPS) is 10.9. The zero-order valence-corrected chi connectivity index (χ0v) is 12.2. The highest BCUT2D eigenvalue weighted by atomic mass is 35.5. The Hall–Kier alpha value is -1.32. The van der Waals surface area contributed by atoms with Crippen molar-refractivity contribution in [1.29, 1.82) is 0 Å². The summed E-state index contributed by atoms with van der Waals surface area (Å²) < 4.78 is 2.04. The van der Waals surface area contributed by atoms with Crippen LogP contribution in [0, 0.1) is 0 Å². The summed E-state index contributed by atoms with van der Waals surface area (Å²) >= 11 is 6.23. The lowest BCUT2D eigenvalue weighted by molar-refractivity contribution is 0.609. The highest BCUT2D eigenvalue weighted by molar-refractivity contribution is 6.31. The minimum Gasteiger partial charge on any atom is -0.313 e. The van der Waals surface area contributed by atoms with Gasteiger partial charge in [0.1, 0.15) is 0 Å². The molecule has 0 spiro atoms. The van der Waals surface area contributed by atoms with E-state index >= 15 is 0 Å². The molecule has 0 aliphatic rings. The van der Waals surface area contributed by atoms with E-state index < -0.39 is 0 Å². The molecule has 3 nitrogen and oxygen atoms in total. The van der Waals surface area contributed by atoms with Crippen LogP contribution >= 0.6 is 11.6 Å². The average Bonchev–Trinajstić information content (AvgIpc) is 2.87. The van der Waals surface area contributed by atoms with E-state index in [1.807, 2.05) is 16.9 Å². The van der Waals surface area contributed by atoms with Crippen molar-refractivity contribution in [3.05, 3.63) is 41.0 Å². The summed E-state index contributed by atoms with van der Waals surface area (Å²) in [5.41, 5.74) is 3.45. The Morgan fingerprint density at radius 2 is 2.11 bits per heavy atom. The fourth-order valence-electron chi connectivity index (χ4n) is 2.10. The van der Waals surface area contributed by atoms with Gasteiger partial charge in [0.2, 0.25) is 0 Å². The van der Waals surface area contributed by atoms with Crippen molar-refractivity contribution in [1.82, 2.24) is 15.1 Å². The predicted octanol–water partition coefficient (Wildman–Crippen LogP) is 3.72. The van der Waals surface area contributed by atoms with E-state index in [0.29, 0.717) is 0 Å². The van der Waals surface area contributed by atoms with Gasteiger partial charge in [-0.2, -0.15) is 5.10 Å². The number of benzene rings is 1. The molecule has 2 rings (SSSR count). The molecule has 1 heterocycles. The molecule has 1 aromatic heterocycles. The van der Waals surface area contributed by atoms with Crippen LogP contribution in [0.4, 0.5) is 0 Å². The van der Waals surface area contributed by atoms with Gasteiger partial charge in [-0.25, -0.2) is 0 Å². The summed E-state index contributed by atoms with van der Waals surface area (Å²) in [5.74, 6) is 0. The van der Waals surface area contributed by atoms with E-state index in [0.717, 1.165) is 42.3 Å². The number of nitrogens with one attached hydrogen (secondary N) is 1. The molecule has 0 saturated heterocycles. The van der Waals surface area contributed by atoms with Crippen molar-refractivity contribution in [3.8, 4) is 11.3 Å². The van der Waals surface area contributed by atoms with Gasteiger partial charge in [-0.05, 0) is 36.7 Å². The largest absolute Gasteiger partial charge is 0.313 e. The zero-order valence-electron chi connectivity index (χ0n) is 11.5. The monoisotopic (exact) mass is 277 g/mol. The number of aromatic nitrogens is 2. The fraction of sp³-hybridized carbons (Fsp3) is 0.400. The van der Waals surface area contributed by atoms with Crippen LogP contribution in [0.5, 0.6) is 0 Å². The van der Waals surface area contributed by atoms with E-state index in [2.05, 4.69) is 42.5 Å². The number of nitrogens with zero attached hydrogens (tertiary/aromatic N) is 2. The molecular weight excluding hydrogens is 258 g/mol. The Bertz CT molecular complexity index is 534. The molecular formula is C15H20ClN3. The molecule has 1 aromatic carbocycles. The Morgan fingerprint density at radius 3 is 2.84 bits per heavy atom. The number of hydrogen-bond donors (Lipinski definition) is 1. The maximum atomic E-state index is 6.23. The molecule has 0 amide bonds. The minimum absolute atomic E-state index is 0.797. The first-order valence-electron chi connectivity index (χ1n) is 6.77. The second-order valence-electron chi connectivity index (χ2n) is 4.53. The second-order valence-corrected chi connectivity index (χ2v) is 4.93. The highest BCUT2D eigenvalue weighted by Crippen LogP contribution is 2.25. The molecule has 2 aromatic rings. The molecule has 19 heavy (non-hydrogen) atoms. The van der Waals surface area contributed by atoms with Gasteiger partial charge in [0.05, 0.1) is 5.69 Å². The van der Waals surface area contributed by atoms with Crippen molar-refractivity contribution in [2.24, 2.45) is 0 Å². The summed E-state index contributed by atoms with van der Waals surface area (Å²) in [6, 6.07) is 8.22. The lowest BCUT2D eigenvalue weighted by Gasteiger charge is -2.10. The van der Waals surface area contributed by atoms with E-state index in [1.165, 1.54) is 5.56 Å². The summed E-state index contributed by atoms with van der Waals surface area (Å²) in [6.07, 6.45) is 2.93. The smallest absolute Gasteiger partial charge is 0.0682 e. The van der Waals surface area contributed by atoms with Crippen LogP contribution in [-0.4, -0.2) is 16.3 Å². The van der Waals surface area contributed by atoms with Crippen molar-refractivity contribution >= 4 is 11.6 Å². The van der Waals surface area contributed by atoms with Crippen LogP contribution in [0.3, 0.4) is 0 Å². The van der Waals surface area contributed by atoms with Crippen LogP contribution in [0.25, 0.3) is 11.3 Å². The molecule has 0 atom stereocenters. The number of halogens is 1. The van der Waals surface area contributed by atoms with Gasteiger partial charge in [-0.15, -0.1) is 0 Å². The first kappa shape index (κ1) is 14.1. The molecule has 0 radical (unpaired) electrons. The fourth-order valence-corrected chi connectivity index (χ4v) is 2.28. The van der Waals surface area contributed by atoms with Gasteiger partial charge in [0, 0.05) is 29.9 Å². The van der Waals surface area contributed by atoms with E-state index in [9.17, 15) is 0 Å². The Kier molecular flexibility index (Phi) is 5.00. The van der Waals surface area contributed by atoms with Gasteiger partial charge in [0.25, 0.3) is 0 Å². The van der Waals surface area contributed by atoms with Crippen molar-refractivity contribution in [3.63, 3.8) is 0 Å². The van der Waals surface area contributed by atoms with Crippen LogP contribution in [0.1, 0.15) is 25.8 Å². The maximum Gasteiger partial charge on any atom is 0.0682 e. The molecule has 4 heteroatoms. The number of rotatable bonds is 6. The van der Waals surface area contributed by atoms with Gasteiger partial charge >= 0.3 is 0 Å². The lowest BCUT2D eigenvalue weighted by atomic mass is 10.1. The Balaban J connectivity index is 2.31. The molecule has 1 N–H and O–H groups in total. The van der Waals surface area contributed by atoms with Gasteiger partial charge in [-0.1, -0.05) is 31.5 Å². The molecule has 0 fully saturated rings. The van der Waals surface area contributed by atoms with E-state index in [1.54, 1.807) is 0 Å². The quantitative estimate of drug-likeness (QED) is 0.872. The molecule has 0 saturated carbocycles. The standard InChI is InChI=1S/C15H20ClN3/c1-3-9-19-15(7-8-18-19)12-5-6-14(16)13(10-12)11-17-4-2/h5-8,10,17H,3-4,9,11H2,1-2H3. The predicted molar refractivity (Wildman–Crippen MR) is 80.3 cm³/mol. The lowest BCUT2D eigenvalue weighted by Crippen LogP contribution is -2.12. The van der Waals surface area contributed by atoms with Crippen molar-refractivity contribution < 1.29 is 0 Å². The molecule has 0 aliphatic carbocycles. The van der Waals surface area contributed by atoms with Gasteiger partial charge in [-0.3, -0.25) is 4.68 Å². The van der Waals surface area contributed by atoms with Crippen LogP contribution in [0.2, 0.25) is 5.02 Å². The summed E-state index contributed by atoms with van der Waals surface area (Å²) in [7, 11) is 0. The molecule has 0 unspecified atom stereocenters. The summed E-state index contributed by atoms with van der Waals surface area (Å²) in [5, 5.41) is 8.49. The van der Waals surface area contributed by atoms with Crippen molar-refractivity contribution in [2.75, 3.05) is 6.54 Å². The van der Waals surface area contributed by atoms with Crippen LogP contribution < -0.4 is 5.32 Å². The van der Waals surface area contributed by atoms with E-state index in [-0.39, 0.29) is 0 Å². The third kappa shape index (κ3) is 3.37. The van der Waals surface area contributed by atoms with Gasteiger partial charge < -0.3 is 5.32 Å². The maximum absolute atomic E-state index is 6.23. The topological polar surface area (TPSA) is 29.9 Å². The number of aryl methyl sites for hydroxylation is 1. The van der Waals surface area contributed by atoms with E-state index in [4.69, 9.17) is 11.6 Å². The first-order chi connectivity index (χ1) is 9.26. The molecule has 0 aliphatic heterocycles. The SMILES string of the molecule is CCCn1nccc1-c1ccc(Cl)c(CNCC)c1. The third-order valence-corrected chi connectivity index (χ3v) is 3.43. The Labute approximate surface area is 119 Å². The summed E-state index contributed by atoms with van der Waals surface area (Å²) in [6.45, 7) is 6.92. The third-order valence-electron chi connectivity index (χ3n) is 3.06. The number of hydrogen-bond acceptors (Lipinski definition) is 2. The van der Waals surface area contributed by atoms with Crippen molar-refractivity contribution in [2.45, 2.75) is 33.4 Å². The molecule has 0 bridgehead atoms. The first-order valence-corrected chi connectivity index (χ1v) is 7.15.